The molecular formula is C20H25ClFNO2. The van der Waals surface area contributed by atoms with E-state index in [1.165, 1.54) is 45.1 Å². The molecule has 1 amide bonds. The van der Waals surface area contributed by atoms with Crippen molar-refractivity contribution in [3.63, 3.8) is 0 Å². The lowest BCUT2D eigenvalue weighted by atomic mass is 9.98. The van der Waals surface area contributed by atoms with Gasteiger partial charge < -0.3 is 10.1 Å². The minimum Gasteiger partial charge on any atom is -0.326 e. The van der Waals surface area contributed by atoms with Gasteiger partial charge in [0.15, 0.2) is 5.82 Å². The average molecular weight is 366 g/mol. The van der Waals surface area contributed by atoms with E-state index in [0.717, 1.165) is 19.1 Å². The zero-order chi connectivity index (χ0) is 18.5. The first-order valence-electron chi connectivity index (χ1n) is 8.60. The quantitative estimate of drug-likeness (QED) is 0.683. The summed E-state index contributed by atoms with van der Waals surface area (Å²) in [7, 11) is 0. The topological polar surface area (TPSA) is 46.2 Å². The number of amides is 1. The molecule has 1 N–H and O–H groups in total. The van der Waals surface area contributed by atoms with E-state index in [-0.39, 0.29) is 5.69 Å². The van der Waals surface area contributed by atoms with Crippen LogP contribution in [0.5, 0.6) is 0 Å². The molecule has 1 aromatic carbocycles. The highest BCUT2D eigenvalue weighted by atomic mass is 35.5. The van der Waals surface area contributed by atoms with Gasteiger partial charge >= 0.3 is 0 Å². The van der Waals surface area contributed by atoms with Gasteiger partial charge in [0.25, 0.3) is 0 Å². The molecule has 0 unspecified atom stereocenters. The standard InChI is InChI=1S/C13H11ClFNO.C5H10.C2H4O/c14-11-6-2-1-4-9(11)10-5-3-7-12(13(10)15)16-8-17;1-2-4-5-3-1;1-2-3/h3-8H,1-2H2,(H,16,17);1-5H2;2H,1H3. The Balaban J connectivity index is 0.000000324. The molecule has 3 nitrogen and oxygen atoms in total. The molecule has 0 radical (unpaired) electrons. The molecule has 5 heteroatoms. The zero-order valence-electron chi connectivity index (χ0n) is 14.6. The number of anilines is 1. The molecule has 2 aliphatic carbocycles. The molecule has 1 fully saturated rings. The molecular weight excluding hydrogens is 341 g/mol. The van der Waals surface area contributed by atoms with Crippen molar-refractivity contribution in [1.29, 1.82) is 0 Å². The Morgan fingerprint density at radius 1 is 1.04 bits per heavy atom. The Morgan fingerprint density at radius 2 is 1.60 bits per heavy atom. The van der Waals surface area contributed by atoms with Gasteiger partial charge in [-0.3, -0.25) is 4.79 Å². The van der Waals surface area contributed by atoms with Gasteiger partial charge in [0.05, 0.1) is 5.69 Å². The van der Waals surface area contributed by atoms with Crippen LogP contribution >= 0.6 is 11.6 Å². The monoisotopic (exact) mass is 365 g/mol. The van der Waals surface area contributed by atoms with E-state index in [4.69, 9.17) is 16.4 Å². The van der Waals surface area contributed by atoms with E-state index in [9.17, 15) is 9.18 Å². The highest BCUT2D eigenvalue weighted by Crippen LogP contribution is 2.34. The van der Waals surface area contributed by atoms with Gasteiger partial charge in [0.2, 0.25) is 6.41 Å². The summed E-state index contributed by atoms with van der Waals surface area (Å²) in [6.45, 7) is 1.44. The summed E-state index contributed by atoms with van der Waals surface area (Å²) in [4.78, 5) is 19.2. The van der Waals surface area contributed by atoms with Crippen molar-refractivity contribution in [3.05, 3.63) is 46.8 Å². The fourth-order valence-electron chi connectivity index (χ4n) is 2.68. The van der Waals surface area contributed by atoms with Gasteiger partial charge in [-0.05, 0) is 31.4 Å². The third-order valence-electron chi connectivity index (χ3n) is 3.85. The van der Waals surface area contributed by atoms with Gasteiger partial charge in [-0.2, -0.15) is 0 Å². The number of hydrogen-bond donors (Lipinski definition) is 1. The van der Waals surface area contributed by atoms with Crippen LogP contribution in [0.15, 0.2) is 35.4 Å². The molecule has 0 aliphatic heterocycles. The van der Waals surface area contributed by atoms with Crippen molar-refractivity contribution in [3.8, 4) is 0 Å². The van der Waals surface area contributed by atoms with Gasteiger partial charge in [-0.1, -0.05) is 68.0 Å². The molecule has 25 heavy (non-hydrogen) atoms. The molecule has 0 saturated heterocycles. The number of halogens is 2. The second-order valence-electron chi connectivity index (χ2n) is 5.68. The molecule has 0 atom stereocenters. The van der Waals surface area contributed by atoms with Crippen LogP contribution in [0.25, 0.3) is 5.57 Å². The fourth-order valence-corrected chi connectivity index (χ4v) is 2.97. The van der Waals surface area contributed by atoms with Gasteiger partial charge in [-0.25, -0.2) is 4.39 Å². The van der Waals surface area contributed by atoms with Crippen LogP contribution in [0.1, 0.15) is 57.4 Å². The fraction of sp³-hybridized carbons (Fsp3) is 0.400. The Kier molecular flexibility index (Phi) is 10.5. The van der Waals surface area contributed by atoms with E-state index < -0.39 is 5.82 Å². The van der Waals surface area contributed by atoms with Crippen LogP contribution in [0.3, 0.4) is 0 Å². The smallest absolute Gasteiger partial charge is 0.211 e. The molecule has 0 heterocycles. The molecule has 0 spiro atoms. The van der Waals surface area contributed by atoms with Crippen LogP contribution in [-0.4, -0.2) is 12.7 Å². The van der Waals surface area contributed by atoms with Crippen molar-refractivity contribution < 1.29 is 14.0 Å². The predicted molar refractivity (Wildman–Crippen MR) is 102 cm³/mol. The number of benzene rings is 1. The minimum atomic E-state index is -0.459. The largest absolute Gasteiger partial charge is 0.326 e. The van der Waals surface area contributed by atoms with Crippen LogP contribution in [-0.2, 0) is 9.59 Å². The summed E-state index contributed by atoms with van der Waals surface area (Å²) in [6.07, 6.45) is 14.2. The summed E-state index contributed by atoms with van der Waals surface area (Å²) >= 11 is 6.05. The maximum atomic E-state index is 14.1. The number of aldehydes is 1. The average Bonchev–Trinajstić information content (AvgIpc) is 3.18. The van der Waals surface area contributed by atoms with Crippen molar-refractivity contribution in [2.24, 2.45) is 0 Å². The molecule has 136 valence electrons. The number of nitrogens with one attached hydrogen (secondary N) is 1. The zero-order valence-corrected chi connectivity index (χ0v) is 15.3. The van der Waals surface area contributed by atoms with E-state index >= 15 is 0 Å². The van der Waals surface area contributed by atoms with E-state index in [1.807, 2.05) is 12.2 Å². The Labute approximate surface area is 154 Å². The first kappa shape index (κ1) is 21.1. The molecule has 1 saturated carbocycles. The van der Waals surface area contributed by atoms with E-state index in [2.05, 4.69) is 5.32 Å². The maximum absolute atomic E-state index is 14.1. The van der Waals surface area contributed by atoms with E-state index in [0.29, 0.717) is 22.6 Å². The normalized spacial score (nSPS) is 15.5. The molecule has 0 aromatic heterocycles. The number of hydrogen-bond acceptors (Lipinski definition) is 2. The van der Waals surface area contributed by atoms with Gasteiger partial charge in [-0.15, -0.1) is 0 Å². The lowest BCUT2D eigenvalue weighted by Crippen LogP contribution is -2.01. The lowest BCUT2D eigenvalue weighted by molar-refractivity contribution is -0.106. The summed E-state index contributed by atoms with van der Waals surface area (Å²) in [5.74, 6) is -0.459. The molecule has 1 aromatic rings. The van der Waals surface area contributed by atoms with Gasteiger partial charge in [0, 0.05) is 10.6 Å². The third-order valence-corrected chi connectivity index (χ3v) is 4.21. The number of rotatable bonds is 3. The molecule has 2 aliphatic rings. The number of allylic oxidation sites excluding steroid dienone is 4. The minimum absolute atomic E-state index is 0.161. The second-order valence-corrected chi connectivity index (χ2v) is 6.09. The van der Waals surface area contributed by atoms with Crippen molar-refractivity contribution in [2.75, 3.05) is 5.32 Å². The highest BCUT2D eigenvalue weighted by molar-refractivity contribution is 6.37. The van der Waals surface area contributed by atoms with Crippen molar-refractivity contribution in [1.82, 2.24) is 0 Å². The van der Waals surface area contributed by atoms with Crippen LogP contribution in [0.4, 0.5) is 10.1 Å². The lowest BCUT2D eigenvalue weighted by Gasteiger charge is -2.13. The highest BCUT2D eigenvalue weighted by Gasteiger charge is 2.15. The SMILES string of the molecule is C1CCCC1.CC=O.O=CNc1cccc(C2=CCCC=C2Cl)c1F. The molecule has 3 rings (SSSR count). The Hall–Kier alpha value is -1.94. The number of carbonyl (C=O) groups excluding carboxylic acids is 2. The Morgan fingerprint density at radius 3 is 2.12 bits per heavy atom. The summed E-state index contributed by atoms with van der Waals surface area (Å²) in [5, 5.41) is 2.88. The van der Waals surface area contributed by atoms with Crippen LogP contribution < -0.4 is 5.32 Å². The first-order valence-corrected chi connectivity index (χ1v) is 8.98. The second kappa shape index (κ2) is 12.4. The predicted octanol–water partition coefficient (Wildman–Crippen LogP) is 5.85. The van der Waals surface area contributed by atoms with Gasteiger partial charge in [0.1, 0.15) is 6.29 Å². The summed E-state index contributed by atoms with van der Waals surface area (Å²) in [5.41, 5.74) is 1.26. The van der Waals surface area contributed by atoms with Crippen molar-refractivity contribution in [2.45, 2.75) is 51.9 Å². The molecule has 0 bridgehead atoms. The van der Waals surface area contributed by atoms with Crippen LogP contribution in [0.2, 0.25) is 0 Å². The number of carbonyl (C=O) groups is 2. The van der Waals surface area contributed by atoms with E-state index in [1.54, 1.807) is 12.1 Å². The van der Waals surface area contributed by atoms with Crippen molar-refractivity contribution >= 4 is 35.6 Å². The summed E-state index contributed by atoms with van der Waals surface area (Å²) in [6, 6.07) is 4.84. The summed E-state index contributed by atoms with van der Waals surface area (Å²) < 4.78 is 14.1. The Bertz CT molecular complexity index is 615. The third kappa shape index (κ3) is 7.22. The van der Waals surface area contributed by atoms with Crippen LogP contribution in [0, 0.1) is 5.82 Å². The maximum Gasteiger partial charge on any atom is 0.211 e. The first-order chi connectivity index (χ1) is 12.2.